The Morgan fingerprint density at radius 2 is 2.21 bits per heavy atom. The summed E-state index contributed by atoms with van der Waals surface area (Å²) in [6.45, 7) is 1.83. The minimum atomic E-state index is -0.516. The number of hydrogen-bond donors (Lipinski definition) is 2. The third-order valence-electron chi connectivity index (χ3n) is 2.36. The summed E-state index contributed by atoms with van der Waals surface area (Å²) in [6.07, 6.45) is 1.49. The summed E-state index contributed by atoms with van der Waals surface area (Å²) in [7, 11) is 0. The Hall–Kier alpha value is -0.870. The molecule has 1 aromatic rings. The Labute approximate surface area is 87.3 Å². The van der Waals surface area contributed by atoms with Gasteiger partial charge in [0.1, 0.15) is 5.82 Å². The van der Waals surface area contributed by atoms with Crippen molar-refractivity contribution >= 4 is 17.4 Å². The molecule has 0 amide bonds. The number of nitrogens with one attached hydrogen (secondary N) is 1. The molecule has 1 fully saturated rings. The van der Waals surface area contributed by atoms with Crippen LogP contribution in [0.5, 0.6) is 0 Å². The highest BCUT2D eigenvalue weighted by molar-refractivity contribution is 6.29. The molecule has 0 spiro atoms. The molecular formula is C9H12ClN3O. The largest absolute Gasteiger partial charge is 0.390 e. The highest BCUT2D eigenvalue weighted by atomic mass is 35.5. The Morgan fingerprint density at radius 3 is 2.71 bits per heavy atom. The van der Waals surface area contributed by atoms with Crippen molar-refractivity contribution in [2.45, 2.75) is 31.4 Å². The average molecular weight is 214 g/mol. The molecule has 0 atom stereocenters. The van der Waals surface area contributed by atoms with Gasteiger partial charge in [-0.05, 0) is 31.9 Å². The van der Waals surface area contributed by atoms with Gasteiger partial charge in [-0.15, -0.1) is 10.2 Å². The highest BCUT2D eigenvalue weighted by Crippen LogP contribution is 2.33. The number of aliphatic hydroxyl groups is 1. The lowest BCUT2D eigenvalue weighted by atomic mass is 9.77. The minimum Gasteiger partial charge on any atom is -0.390 e. The first-order chi connectivity index (χ1) is 6.55. The predicted molar refractivity (Wildman–Crippen MR) is 54.3 cm³/mol. The van der Waals surface area contributed by atoms with Gasteiger partial charge >= 0.3 is 0 Å². The number of halogens is 1. The molecule has 0 aliphatic heterocycles. The van der Waals surface area contributed by atoms with Crippen molar-refractivity contribution in [3.05, 3.63) is 17.3 Å². The van der Waals surface area contributed by atoms with Crippen molar-refractivity contribution < 1.29 is 5.11 Å². The van der Waals surface area contributed by atoms with Gasteiger partial charge in [0.05, 0.1) is 5.60 Å². The van der Waals surface area contributed by atoms with Crippen LogP contribution in [0, 0.1) is 0 Å². The lowest BCUT2D eigenvalue weighted by Crippen LogP contribution is -2.48. The molecule has 1 aromatic heterocycles. The maximum Gasteiger partial charge on any atom is 0.151 e. The monoisotopic (exact) mass is 213 g/mol. The van der Waals surface area contributed by atoms with Crippen LogP contribution >= 0.6 is 11.6 Å². The van der Waals surface area contributed by atoms with E-state index in [4.69, 9.17) is 11.6 Å². The number of nitrogens with zero attached hydrogens (tertiary/aromatic N) is 2. The van der Waals surface area contributed by atoms with E-state index in [9.17, 15) is 5.11 Å². The number of hydrogen-bond acceptors (Lipinski definition) is 4. The van der Waals surface area contributed by atoms with E-state index in [0.717, 1.165) is 12.8 Å². The van der Waals surface area contributed by atoms with Crippen LogP contribution in [0.25, 0.3) is 0 Å². The summed E-state index contributed by atoms with van der Waals surface area (Å²) in [6, 6.07) is 3.76. The van der Waals surface area contributed by atoms with E-state index in [-0.39, 0.29) is 0 Å². The maximum atomic E-state index is 9.51. The van der Waals surface area contributed by atoms with E-state index in [1.165, 1.54) is 0 Å². The van der Waals surface area contributed by atoms with Gasteiger partial charge in [0.25, 0.3) is 0 Å². The van der Waals surface area contributed by atoms with Gasteiger partial charge in [-0.3, -0.25) is 0 Å². The van der Waals surface area contributed by atoms with Crippen LogP contribution in [0.1, 0.15) is 19.8 Å². The lowest BCUT2D eigenvalue weighted by molar-refractivity contribution is -0.0235. The minimum absolute atomic E-state index is 0.292. The number of anilines is 1. The van der Waals surface area contributed by atoms with Crippen LogP contribution in [0.3, 0.4) is 0 Å². The Bertz CT molecular complexity index is 317. The molecule has 4 nitrogen and oxygen atoms in total. The van der Waals surface area contributed by atoms with E-state index < -0.39 is 5.60 Å². The maximum absolute atomic E-state index is 9.51. The topological polar surface area (TPSA) is 58.0 Å². The van der Waals surface area contributed by atoms with E-state index in [2.05, 4.69) is 15.5 Å². The molecule has 0 radical (unpaired) electrons. The predicted octanol–water partition coefficient (Wildman–Crippen LogP) is 1.46. The van der Waals surface area contributed by atoms with E-state index >= 15 is 0 Å². The third-order valence-corrected chi connectivity index (χ3v) is 2.56. The van der Waals surface area contributed by atoms with Gasteiger partial charge in [0.15, 0.2) is 5.15 Å². The molecule has 0 unspecified atom stereocenters. The zero-order chi connectivity index (χ0) is 10.2. The summed E-state index contributed by atoms with van der Waals surface area (Å²) in [4.78, 5) is 0. The van der Waals surface area contributed by atoms with E-state index in [0.29, 0.717) is 17.0 Å². The second-order valence-corrected chi connectivity index (χ2v) is 4.37. The quantitative estimate of drug-likeness (QED) is 0.781. The molecule has 14 heavy (non-hydrogen) atoms. The first-order valence-corrected chi connectivity index (χ1v) is 4.91. The summed E-state index contributed by atoms with van der Waals surface area (Å²) >= 11 is 5.60. The standard InChI is InChI=1S/C9H12ClN3O/c1-9(14)4-6(5-9)11-8-3-2-7(10)12-13-8/h2-3,6,14H,4-5H2,1H3,(H,11,13)/t6-,9+. The molecule has 0 aromatic carbocycles. The van der Waals surface area contributed by atoms with Crippen LogP contribution < -0.4 is 5.32 Å². The van der Waals surface area contributed by atoms with Crippen molar-refractivity contribution in [3.63, 3.8) is 0 Å². The Kier molecular flexibility index (Phi) is 2.33. The molecule has 2 rings (SSSR count). The van der Waals surface area contributed by atoms with Gasteiger partial charge in [0.2, 0.25) is 0 Å². The fraction of sp³-hybridized carbons (Fsp3) is 0.556. The molecule has 76 valence electrons. The van der Waals surface area contributed by atoms with Gasteiger partial charge in [-0.1, -0.05) is 11.6 Å². The highest BCUT2D eigenvalue weighted by Gasteiger charge is 2.38. The average Bonchev–Trinajstić information content (AvgIpc) is 2.06. The van der Waals surface area contributed by atoms with Gasteiger partial charge < -0.3 is 10.4 Å². The SMILES string of the molecule is C[C@]1(O)C[C@@H](Nc2ccc(Cl)nn2)C1. The molecule has 1 aliphatic rings. The van der Waals surface area contributed by atoms with E-state index in [1.807, 2.05) is 6.92 Å². The zero-order valence-electron chi connectivity index (χ0n) is 7.87. The second-order valence-electron chi connectivity index (χ2n) is 3.99. The van der Waals surface area contributed by atoms with Crippen molar-refractivity contribution in [2.75, 3.05) is 5.32 Å². The molecule has 0 saturated heterocycles. The van der Waals surface area contributed by atoms with Gasteiger partial charge in [0, 0.05) is 6.04 Å². The summed E-state index contributed by atoms with van der Waals surface area (Å²) < 4.78 is 0. The molecule has 0 bridgehead atoms. The second kappa shape index (κ2) is 3.37. The van der Waals surface area contributed by atoms with Crippen molar-refractivity contribution in [1.82, 2.24) is 10.2 Å². The Balaban J connectivity index is 1.90. The summed E-state index contributed by atoms with van der Waals surface area (Å²) in [5, 5.41) is 20.7. The fourth-order valence-electron chi connectivity index (χ4n) is 1.71. The molecular weight excluding hydrogens is 202 g/mol. The molecule has 5 heteroatoms. The smallest absolute Gasteiger partial charge is 0.151 e. The number of aromatic nitrogens is 2. The van der Waals surface area contributed by atoms with Crippen molar-refractivity contribution in [3.8, 4) is 0 Å². The first-order valence-electron chi connectivity index (χ1n) is 4.53. The van der Waals surface area contributed by atoms with Crippen molar-refractivity contribution in [2.24, 2.45) is 0 Å². The molecule has 1 aliphatic carbocycles. The normalized spacial score (nSPS) is 30.9. The molecule has 1 heterocycles. The first kappa shape index (κ1) is 9.68. The van der Waals surface area contributed by atoms with Crippen LogP contribution in [0.15, 0.2) is 12.1 Å². The van der Waals surface area contributed by atoms with Crippen LogP contribution in [-0.4, -0.2) is 26.9 Å². The van der Waals surface area contributed by atoms with Crippen LogP contribution in [0.4, 0.5) is 5.82 Å². The van der Waals surface area contributed by atoms with Crippen LogP contribution in [0.2, 0.25) is 5.15 Å². The molecule has 1 saturated carbocycles. The number of rotatable bonds is 2. The zero-order valence-corrected chi connectivity index (χ0v) is 8.62. The molecule has 2 N–H and O–H groups in total. The van der Waals surface area contributed by atoms with Gasteiger partial charge in [-0.2, -0.15) is 0 Å². The summed E-state index contributed by atoms with van der Waals surface area (Å²) in [5.41, 5.74) is -0.516. The van der Waals surface area contributed by atoms with Gasteiger partial charge in [-0.25, -0.2) is 0 Å². The Morgan fingerprint density at radius 1 is 1.50 bits per heavy atom. The summed E-state index contributed by atoms with van der Waals surface area (Å²) in [5.74, 6) is 0.704. The van der Waals surface area contributed by atoms with Crippen LogP contribution in [-0.2, 0) is 0 Å². The third kappa shape index (κ3) is 2.13. The fourth-order valence-corrected chi connectivity index (χ4v) is 1.81. The lowest BCUT2D eigenvalue weighted by Gasteiger charge is -2.41. The van der Waals surface area contributed by atoms with E-state index in [1.54, 1.807) is 12.1 Å². The van der Waals surface area contributed by atoms with Crippen molar-refractivity contribution in [1.29, 1.82) is 0 Å².